The van der Waals surface area contributed by atoms with E-state index in [-0.39, 0.29) is 5.41 Å². The van der Waals surface area contributed by atoms with Gasteiger partial charge in [-0.2, -0.15) is 0 Å². The van der Waals surface area contributed by atoms with Gasteiger partial charge < -0.3 is 10.5 Å². The fourth-order valence-corrected chi connectivity index (χ4v) is 7.27. The van der Waals surface area contributed by atoms with E-state index >= 15 is 0 Å². The summed E-state index contributed by atoms with van der Waals surface area (Å²) in [6.07, 6.45) is 0. The number of nitrogens with two attached hydrogens (primary N) is 1. The number of fused-ring (bicyclic) bond motifs is 2. The Morgan fingerprint density at radius 3 is 1.85 bits per heavy atom. The summed E-state index contributed by atoms with van der Waals surface area (Å²) in [5, 5.41) is 2.19. The third kappa shape index (κ3) is 3.87. The summed E-state index contributed by atoms with van der Waals surface area (Å²) >= 11 is 16.8. The van der Waals surface area contributed by atoms with Gasteiger partial charge in [-0.25, -0.2) is 0 Å². The van der Waals surface area contributed by atoms with Gasteiger partial charge in [0.1, 0.15) is 14.4 Å². The third-order valence-electron chi connectivity index (χ3n) is 6.24. The molecule has 0 aliphatic rings. The fourth-order valence-electron chi connectivity index (χ4n) is 4.35. The quantitative estimate of drug-likeness (QED) is 0.237. The highest BCUT2D eigenvalue weighted by atomic mass is 35.5. The van der Waals surface area contributed by atoms with Crippen LogP contribution >= 0.6 is 45.9 Å². The van der Waals surface area contributed by atoms with Crippen LogP contribution in [0.1, 0.15) is 31.9 Å². The number of benzene rings is 3. The lowest BCUT2D eigenvalue weighted by molar-refractivity contribution is 0.415. The average molecular weight is 527 g/mol. The van der Waals surface area contributed by atoms with Crippen molar-refractivity contribution in [3.63, 3.8) is 0 Å². The molecule has 2 N–H and O–H groups in total. The molecule has 3 aromatic carbocycles. The number of nitrogen functional groups attached to an aromatic ring is 1. The molecule has 0 spiro atoms. The van der Waals surface area contributed by atoms with E-state index in [0.717, 1.165) is 52.5 Å². The van der Waals surface area contributed by atoms with Crippen molar-refractivity contribution in [2.45, 2.75) is 33.1 Å². The van der Waals surface area contributed by atoms with Gasteiger partial charge in [0.25, 0.3) is 0 Å². The zero-order chi connectivity index (χ0) is 24.4. The van der Waals surface area contributed by atoms with E-state index in [4.69, 9.17) is 33.7 Å². The molecule has 0 aliphatic heterocycles. The highest BCUT2D eigenvalue weighted by molar-refractivity contribution is 7.24. The molecule has 6 heteroatoms. The summed E-state index contributed by atoms with van der Waals surface area (Å²) < 4.78 is 9.10. The van der Waals surface area contributed by atoms with Gasteiger partial charge in [-0.05, 0) is 59.9 Å². The van der Waals surface area contributed by atoms with Crippen LogP contribution in [0.15, 0.2) is 48.5 Å². The topological polar surface area (TPSA) is 35.2 Å². The summed E-state index contributed by atoms with van der Waals surface area (Å²) in [5.74, 6) is 0.806. The Bertz CT molecular complexity index is 1570. The molecule has 5 aromatic rings. The van der Waals surface area contributed by atoms with Crippen LogP contribution in [-0.2, 0) is 5.41 Å². The van der Waals surface area contributed by atoms with E-state index in [9.17, 15) is 0 Å². The van der Waals surface area contributed by atoms with E-state index < -0.39 is 0 Å². The largest absolute Gasteiger partial charge is 0.497 e. The Hall–Kier alpha value is -2.24. The Morgan fingerprint density at radius 2 is 1.32 bits per heavy atom. The number of hydrogen-bond donors (Lipinski definition) is 1. The van der Waals surface area contributed by atoms with Crippen molar-refractivity contribution in [3.8, 4) is 28.0 Å². The maximum absolute atomic E-state index is 6.95. The molecule has 2 heterocycles. The van der Waals surface area contributed by atoms with E-state index in [2.05, 4.69) is 64.1 Å². The minimum Gasteiger partial charge on any atom is -0.497 e. The van der Waals surface area contributed by atoms with Crippen LogP contribution in [0.3, 0.4) is 0 Å². The Morgan fingerprint density at radius 1 is 0.794 bits per heavy atom. The van der Waals surface area contributed by atoms with Gasteiger partial charge in [0.05, 0.1) is 7.11 Å². The molecule has 0 bridgehead atoms. The number of methoxy groups -OCH3 is 1. The van der Waals surface area contributed by atoms with Crippen LogP contribution in [0, 0.1) is 6.92 Å². The van der Waals surface area contributed by atoms with Gasteiger partial charge in [0, 0.05) is 48.1 Å². The van der Waals surface area contributed by atoms with Crippen LogP contribution in [0.25, 0.3) is 42.4 Å². The number of anilines is 1. The molecule has 0 saturated carbocycles. The standard InChI is InChI=1S/C28H25Cl2NOS2/c1-14-6-8-17-21(10-14)33-26(29)23(17)19-11-15(28(2,3)4)12-20(25(19)31)24-18-9-7-16(32-5)13-22(18)34-27(24)30/h6-13H,31H2,1-5H3. The van der Waals surface area contributed by atoms with Crippen molar-refractivity contribution >= 4 is 71.7 Å². The predicted octanol–water partition coefficient (Wildman–Crippen LogP) is 9.95. The minimum atomic E-state index is -0.0897. The smallest absolute Gasteiger partial charge is 0.120 e. The third-order valence-corrected chi connectivity index (χ3v) is 8.96. The normalized spacial score (nSPS) is 12.1. The highest BCUT2D eigenvalue weighted by Crippen LogP contribution is 2.51. The first-order chi connectivity index (χ1) is 16.1. The van der Waals surface area contributed by atoms with Gasteiger partial charge >= 0.3 is 0 Å². The van der Waals surface area contributed by atoms with Crippen molar-refractivity contribution in [3.05, 3.63) is 68.3 Å². The molecule has 174 valence electrons. The van der Waals surface area contributed by atoms with Gasteiger partial charge in [-0.3, -0.25) is 0 Å². The lowest BCUT2D eigenvalue weighted by Gasteiger charge is -2.23. The van der Waals surface area contributed by atoms with Crippen molar-refractivity contribution in [2.24, 2.45) is 0 Å². The summed E-state index contributed by atoms with van der Waals surface area (Å²) in [4.78, 5) is 0. The van der Waals surface area contributed by atoms with Gasteiger partial charge in [-0.15, -0.1) is 22.7 Å². The zero-order valence-electron chi connectivity index (χ0n) is 19.7. The molecule has 0 aliphatic carbocycles. The second-order valence-electron chi connectivity index (χ2n) is 9.60. The number of aryl methyl sites for hydroxylation is 1. The number of rotatable bonds is 3. The summed E-state index contributed by atoms with van der Waals surface area (Å²) in [6.45, 7) is 8.72. The maximum Gasteiger partial charge on any atom is 0.120 e. The Labute approximate surface area is 217 Å². The Balaban J connectivity index is 1.85. The van der Waals surface area contributed by atoms with Crippen LogP contribution in [0.5, 0.6) is 5.75 Å². The number of halogens is 2. The molecule has 0 radical (unpaired) electrons. The predicted molar refractivity (Wildman–Crippen MR) is 153 cm³/mol. The zero-order valence-corrected chi connectivity index (χ0v) is 22.8. The van der Waals surface area contributed by atoms with Gasteiger partial charge in [0.2, 0.25) is 0 Å². The van der Waals surface area contributed by atoms with Crippen molar-refractivity contribution in [2.75, 3.05) is 12.8 Å². The number of thiophene rings is 2. The van der Waals surface area contributed by atoms with E-state index in [1.54, 1.807) is 29.8 Å². The summed E-state index contributed by atoms with van der Waals surface area (Å²) in [5.41, 5.74) is 13.8. The first-order valence-electron chi connectivity index (χ1n) is 11.0. The number of hydrogen-bond acceptors (Lipinski definition) is 4. The summed E-state index contributed by atoms with van der Waals surface area (Å²) in [7, 11) is 1.67. The molecule has 34 heavy (non-hydrogen) atoms. The molecule has 0 saturated heterocycles. The van der Waals surface area contributed by atoms with Crippen molar-refractivity contribution < 1.29 is 4.74 Å². The van der Waals surface area contributed by atoms with Crippen molar-refractivity contribution in [1.29, 1.82) is 0 Å². The monoisotopic (exact) mass is 525 g/mol. The minimum absolute atomic E-state index is 0.0897. The van der Waals surface area contributed by atoms with Crippen LogP contribution in [0.4, 0.5) is 5.69 Å². The van der Waals surface area contributed by atoms with E-state index in [1.807, 2.05) is 12.1 Å². The van der Waals surface area contributed by atoms with Crippen LogP contribution in [-0.4, -0.2) is 7.11 Å². The maximum atomic E-state index is 6.95. The highest BCUT2D eigenvalue weighted by Gasteiger charge is 2.25. The molecule has 0 unspecified atom stereocenters. The van der Waals surface area contributed by atoms with E-state index in [0.29, 0.717) is 10.0 Å². The average Bonchev–Trinajstić information content (AvgIpc) is 3.27. The first-order valence-corrected chi connectivity index (χ1v) is 13.4. The molecule has 0 atom stereocenters. The molecule has 2 aromatic heterocycles. The second-order valence-corrected chi connectivity index (χ2v) is 12.9. The van der Waals surface area contributed by atoms with Crippen molar-refractivity contribution in [1.82, 2.24) is 0 Å². The van der Waals surface area contributed by atoms with Gasteiger partial charge in [0.15, 0.2) is 0 Å². The second kappa shape index (κ2) is 8.46. The molecule has 0 fully saturated rings. The fraction of sp³-hybridized carbons (Fsp3) is 0.214. The first kappa shape index (κ1) is 23.5. The van der Waals surface area contributed by atoms with E-state index in [1.165, 1.54) is 11.1 Å². The SMILES string of the molecule is COc1ccc2c(-c3cc(C(C)(C)C)cc(-c4c(Cl)sc5cc(C)ccc45)c3N)c(Cl)sc2c1. The van der Waals surface area contributed by atoms with Crippen LogP contribution < -0.4 is 10.5 Å². The lowest BCUT2D eigenvalue weighted by Crippen LogP contribution is -2.12. The van der Waals surface area contributed by atoms with Gasteiger partial charge in [-0.1, -0.05) is 56.1 Å². The summed E-state index contributed by atoms with van der Waals surface area (Å²) in [6, 6.07) is 16.9. The number of ether oxygens (including phenoxy) is 1. The molecule has 5 rings (SSSR count). The Kier molecular flexibility index (Phi) is 5.84. The molecule has 0 amide bonds. The van der Waals surface area contributed by atoms with Crippen LogP contribution in [0.2, 0.25) is 8.67 Å². The lowest BCUT2D eigenvalue weighted by atomic mass is 9.82. The molecular formula is C28H25Cl2NOS2. The molecular weight excluding hydrogens is 501 g/mol. The molecule has 2 nitrogen and oxygen atoms in total.